The van der Waals surface area contributed by atoms with Crippen LogP contribution >= 0.6 is 31.9 Å². The van der Waals surface area contributed by atoms with Crippen molar-refractivity contribution in [2.75, 3.05) is 0 Å². The van der Waals surface area contributed by atoms with Crippen LogP contribution in [0.4, 0.5) is 4.39 Å². The molecule has 1 heterocycles. The van der Waals surface area contributed by atoms with Crippen LogP contribution in [0.5, 0.6) is 0 Å². The van der Waals surface area contributed by atoms with Crippen LogP contribution in [0.3, 0.4) is 0 Å². The standard InChI is InChI=1S/C13H10Br2FNO/c1-8(9-2-3-12(16)11(15)6-9)17-5-4-10(14)7-13(17)18/h2-8H,1H3. The van der Waals surface area contributed by atoms with E-state index in [1.165, 1.54) is 12.1 Å². The molecule has 5 heteroatoms. The van der Waals surface area contributed by atoms with Crippen LogP contribution in [0.25, 0.3) is 0 Å². The topological polar surface area (TPSA) is 22.0 Å². The van der Waals surface area contributed by atoms with Gasteiger partial charge in [0.25, 0.3) is 5.56 Å². The summed E-state index contributed by atoms with van der Waals surface area (Å²) >= 11 is 6.40. The first-order valence-electron chi connectivity index (χ1n) is 5.31. The third-order valence-corrected chi connectivity index (χ3v) is 3.85. The molecule has 0 saturated heterocycles. The Balaban J connectivity index is 2.44. The average Bonchev–Trinajstić information content (AvgIpc) is 2.32. The predicted molar refractivity (Wildman–Crippen MR) is 76.3 cm³/mol. The van der Waals surface area contributed by atoms with Crippen LogP contribution in [0, 0.1) is 5.82 Å². The van der Waals surface area contributed by atoms with E-state index in [1.807, 2.05) is 6.92 Å². The zero-order valence-electron chi connectivity index (χ0n) is 9.53. The SMILES string of the molecule is CC(c1ccc(F)c(Br)c1)n1ccc(Br)cc1=O. The molecular formula is C13H10Br2FNO. The molecule has 0 amide bonds. The second kappa shape index (κ2) is 5.36. The van der Waals surface area contributed by atoms with Gasteiger partial charge in [0.15, 0.2) is 0 Å². The van der Waals surface area contributed by atoms with Crippen molar-refractivity contribution in [1.82, 2.24) is 4.57 Å². The molecular weight excluding hydrogens is 365 g/mol. The minimum absolute atomic E-state index is 0.0997. The van der Waals surface area contributed by atoms with Crippen molar-refractivity contribution in [3.8, 4) is 0 Å². The zero-order chi connectivity index (χ0) is 13.3. The first kappa shape index (κ1) is 13.5. The third kappa shape index (κ3) is 2.72. The Morgan fingerprint density at radius 3 is 2.56 bits per heavy atom. The van der Waals surface area contributed by atoms with E-state index in [0.29, 0.717) is 4.47 Å². The predicted octanol–water partition coefficient (Wildman–Crippen LogP) is 4.12. The molecule has 0 aliphatic rings. The number of nitrogens with zero attached hydrogens (tertiary/aromatic N) is 1. The van der Waals surface area contributed by atoms with E-state index >= 15 is 0 Å². The smallest absolute Gasteiger partial charge is 0.252 e. The molecule has 0 saturated carbocycles. The van der Waals surface area contributed by atoms with Gasteiger partial charge in [-0.1, -0.05) is 22.0 Å². The van der Waals surface area contributed by atoms with Crippen molar-refractivity contribution in [3.63, 3.8) is 0 Å². The highest BCUT2D eigenvalue weighted by Gasteiger charge is 2.11. The summed E-state index contributed by atoms with van der Waals surface area (Å²) < 4.78 is 15.9. The first-order valence-corrected chi connectivity index (χ1v) is 6.90. The van der Waals surface area contributed by atoms with E-state index < -0.39 is 0 Å². The number of pyridine rings is 1. The average molecular weight is 375 g/mol. The van der Waals surface area contributed by atoms with Crippen LogP contribution in [0.15, 0.2) is 50.3 Å². The number of aromatic nitrogens is 1. The van der Waals surface area contributed by atoms with E-state index in [-0.39, 0.29) is 17.4 Å². The van der Waals surface area contributed by atoms with Crippen molar-refractivity contribution >= 4 is 31.9 Å². The molecule has 1 unspecified atom stereocenters. The molecule has 2 nitrogen and oxygen atoms in total. The van der Waals surface area contributed by atoms with Gasteiger partial charge < -0.3 is 4.57 Å². The van der Waals surface area contributed by atoms with Crippen LogP contribution in [-0.2, 0) is 0 Å². The van der Waals surface area contributed by atoms with Gasteiger partial charge in [0.05, 0.1) is 10.5 Å². The third-order valence-electron chi connectivity index (χ3n) is 2.75. The van der Waals surface area contributed by atoms with Gasteiger partial charge in [-0.05, 0) is 46.6 Å². The fourth-order valence-corrected chi connectivity index (χ4v) is 2.43. The number of hydrogen-bond donors (Lipinski definition) is 0. The van der Waals surface area contributed by atoms with Gasteiger partial charge in [-0.3, -0.25) is 4.79 Å². The van der Waals surface area contributed by atoms with E-state index in [9.17, 15) is 9.18 Å². The van der Waals surface area contributed by atoms with E-state index in [4.69, 9.17) is 0 Å². The normalized spacial score (nSPS) is 12.4. The Labute approximate surface area is 121 Å². The molecule has 1 atom stereocenters. The van der Waals surface area contributed by atoms with Gasteiger partial charge in [-0.15, -0.1) is 0 Å². The monoisotopic (exact) mass is 373 g/mol. The molecule has 2 rings (SSSR count). The highest BCUT2D eigenvalue weighted by atomic mass is 79.9. The molecule has 94 valence electrons. The summed E-state index contributed by atoms with van der Waals surface area (Å²) in [6, 6.07) is 7.92. The Bertz CT molecular complexity index is 639. The molecule has 0 bridgehead atoms. The second-order valence-electron chi connectivity index (χ2n) is 3.94. The maximum atomic E-state index is 13.2. The summed E-state index contributed by atoms with van der Waals surface area (Å²) in [6.07, 6.45) is 1.72. The second-order valence-corrected chi connectivity index (χ2v) is 5.71. The minimum Gasteiger partial charge on any atom is -0.308 e. The Morgan fingerprint density at radius 2 is 1.94 bits per heavy atom. The summed E-state index contributed by atoms with van der Waals surface area (Å²) in [4.78, 5) is 11.9. The number of rotatable bonds is 2. The summed E-state index contributed by atoms with van der Waals surface area (Å²) in [6.45, 7) is 1.90. The van der Waals surface area contributed by atoms with Gasteiger partial charge in [-0.2, -0.15) is 0 Å². The number of halogens is 3. The van der Waals surface area contributed by atoms with Gasteiger partial charge in [0.2, 0.25) is 0 Å². The van der Waals surface area contributed by atoms with Crippen LogP contribution in [0.1, 0.15) is 18.5 Å². The largest absolute Gasteiger partial charge is 0.308 e. The van der Waals surface area contributed by atoms with Gasteiger partial charge in [-0.25, -0.2) is 4.39 Å². The first-order chi connectivity index (χ1) is 8.49. The van der Waals surface area contributed by atoms with Gasteiger partial charge in [0.1, 0.15) is 5.82 Å². The molecule has 2 aromatic rings. The van der Waals surface area contributed by atoms with Gasteiger partial charge >= 0.3 is 0 Å². The van der Waals surface area contributed by atoms with Gasteiger partial charge in [0, 0.05) is 16.7 Å². The lowest BCUT2D eigenvalue weighted by Gasteiger charge is -2.16. The molecule has 1 aromatic heterocycles. The summed E-state index contributed by atoms with van der Waals surface area (Å²) in [7, 11) is 0. The fraction of sp³-hybridized carbons (Fsp3) is 0.154. The highest BCUT2D eigenvalue weighted by molar-refractivity contribution is 9.10. The summed E-state index contributed by atoms with van der Waals surface area (Å²) in [5.41, 5.74) is 0.769. The minimum atomic E-state index is -0.311. The molecule has 0 aliphatic carbocycles. The Kier molecular flexibility index (Phi) is 4.02. The van der Waals surface area contributed by atoms with Crippen molar-refractivity contribution in [1.29, 1.82) is 0 Å². The van der Waals surface area contributed by atoms with Crippen molar-refractivity contribution in [2.45, 2.75) is 13.0 Å². The molecule has 0 spiro atoms. The molecule has 18 heavy (non-hydrogen) atoms. The summed E-state index contributed by atoms with van der Waals surface area (Å²) in [5.74, 6) is -0.311. The lowest BCUT2D eigenvalue weighted by molar-refractivity contribution is 0.599. The quantitative estimate of drug-likeness (QED) is 0.774. The lowest BCUT2D eigenvalue weighted by atomic mass is 10.1. The Morgan fingerprint density at radius 1 is 1.22 bits per heavy atom. The van der Waals surface area contributed by atoms with Crippen LogP contribution in [0.2, 0.25) is 0 Å². The van der Waals surface area contributed by atoms with Crippen molar-refractivity contribution in [2.24, 2.45) is 0 Å². The number of benzene rings is 1. The summed E-state index contributed by atoms with van der Waals surface area (Å²) in [5, 5.41) is 0. The van der Waals surface area contributed by atoms with E-state index in [0.717, 1.165) is 10.0 Å². The maximum Gasteiger partial charge on any atom is 0.252 e. The fourth-order valence-electron chi connectivity index (χ4n) is 1.72. The molecule has 0 radical (unpaired) electrons. The van der Waals surface area contributed by atoms with Crippen LogP contribution < -0.4 is 5.56 Å². The molecule has 0 aliphatic heterocycles. The highest BCUT2D eigenvalue weighted by Crippen LogP contribution is 2.23. The molecule has 0 fully saturated rings. The van der Waals surface area contributed by atoms with E-state index in [1.54, 1.807) is 29.0 Å². The van der Waals surface area contributed by atoms with Crippen LogP contribution in [-0.4, -0.2) is 4.57 Å². The molecule has 0 N–H and O–H groups in total. The zero-order valence-corrected chi connectivity index (χ0v) is 12.7. The lowest BCUT2D eigenvalue weighted by Crippen LogP contribution is -2.22. The maximum absolute atomic E-state index is 13.2. The van der Waals surface area contributed by atoms with Crippen molar-refractivity contribution in [3.05, 3.63) is 67.2 Å². The molecule has 1 aromatic carbocycles. The number of hydrogen-bond acceptors (Lipinski definition) is 1. The van der Waals surface area contributed by atoms with E-state index in [2.05, 4.69) is 31.9 Å². The van der Waals surface area contributed by atoms with Crippen molar-refractivity contribution < 1.29 is 4.39 Å². The Hall–Kier alpha value is -0.940.